The Morgan fingerprint density at radius 2 is 1.77 bits per heavy atom. The summed E-state index contributed by atoms with van der Waals surface area (Å²) >= 11 is 0. The summed E-state index contributed by atoms with van der Waals surface area (Å²) in [7, 11) is 0. The summed E-state index contributed by atoms with van der Waals surface area (Å²) in [6, 6.07) is 12.3. The summed E-state index contributed by atoms with van der Waals surface area (Å²) in [5, 5.41) is 11.6. The quantitative estimate of drug-likeness (QED) is 0.416. The van der Waals surface area contributed by atoms with E-state index >= 15 is 0 Å². The first-order valence-corrected chi connectivity index (χ1v) is 10.5. The number of carbonyl (C=O) groups is 2. The first-order chi connectivity index (χ1) is 14.9. The van der Waals surface area contributed by atoms with E-state index in [1.54, 1.807) is 11.0 Å². The van der Waals surface area contributed by atoms with Gasteiger partial charge in [0.25, 0.3) is 11.6 Å². The van der Waals surface area contributed by atoms with Crippen LogP contribution in [0.5, 0.6) is 0 Å². The van der Waals surface area contributed by atoms with E-state index < -0.39 is 17.0 Å². The highest BCUT2D eigenvalue weighted by atomic mass is 16.6. The summed E-state index contributed by atoms with van der Waals surface area (Å²) in [6.45, 7) is 4.10. The highest BCUT2D eigenvalue weighted by molar-refractivity contribution is 5.93. The minimum absolute atomic E-state index is 0.0679. The fourth-order valence-corrected chi connectivity index (χ4v) is 4.24. The summed E-state index contributed by atoms with van der Waals surface area (Å²) in [5.41, 5.74) is 2.77. The van der Waals surface area contributed by atoms with Gasteiger partial charge in [0, 0.05) is 32.2 Å². The molecule has 0 aromatic heterocycles. The second kappa shape index (κ2) is 8.75. The number of nitrogens with zero attached hydrogens (tertiary/aromatic N) is 3. The fraction of sp³-hybridized carbons (Fsp3) is 0.391. The van der Waals surface area contributed by atoms with Crippen LogP contribution in [0, 0.1) is 10.1 Å². The van der Waals surface area contributed by atoms with Crippen LogP contribution in [0.25, 0.3) is 0 Å². The van der Waals surface area contributed by atoms with Crippen molar-refractivity contribution < 1.29 is 19.2 Å². The average molecular weight is 423 g/mol. The number of anilines is 1. The van der Waals surface area contributed by atoms with Gasteiger partial charge < -0.3 is 14.5 Å². The topological polar surface area (TPSA) is 93.0 Å². The monoisotopic (exact) mass is 423 g/mol. The molecule has 2 heterocycles. The zero-order valence-electron chi connectivity index (χ0n) is 17.5. The first kappa shape index (κ1) is 20.8. The molecule has 1 fully saturated rings. The van der Waals surface area contributed by atoms with E-state index in [0.29, 0.717) is 18.8 Å². The molecule has 1 amide bonds. The van der Waals surface area contributed by atoms with Crippen molar-refractivity contribution in [2.75, 3.05) is 24.5 Å². The van der Waals surface area contributed by atoms with Gasteiger partial charge in [-0.15, -0.1) is 0 Å². The van der Waals surface area contributed by atoms with Crippen molar-refractivity contribution in [3.8, 4) is 0 Å². The molecule has 8 nitrogen and oxygen atoms in total. The largest absolute Gasteiger partial charge is 0.449 e. The van der Waals surface area contributed by atoms with Crippen molar-refractivity contribution in [2.24, 2.45) is 0 Å². The molecule has 2 aliphatic rings. The van der Waals surface area contributed by atoms with E-state index in [-0.39, 0.29) is 17.2 Å². The molecule has 31 heavy (non-hydrogen) atoms. The summed E-state index contributed by atoms with van der Waals surface area (Å²) < 4.78 is 5.37. The lowest BCUT2D eigenvalue weighted by Crippen LogP contribution is -2.42. The number of fused-ring (bicyclic) bond motifs is 1. The molecule has 8 heteroatoms. The highest BCUT2D eigenvalue weighted by Gasteiger charge is 2.29. The lowest BCUT2D eigenvalue weighted by atomic mass is 9.99. The standard InChI is InChI=1S/C23H25N3O5/c1-16(22(27)25-13-10-17-6-2-3-7-19(17)15-25)31-23(28)18-8-9-20(21(14-18)26(29)30)24-11-4-5-12-24/h2-3,6-9,14,16H,4-5,10-13,15H2,1H3. The minimum atomic E-state index is -0.977. The summed E-state index contributed by atoms with van der Waals surface area (Å²) in [5.74, 6) is -1.01. The molecule has 0 N–H and O–H groups in total. The number of benzene rings is 2. The minimum Gasteiger partial charge on any atom is -0.449 e. The third-order valence-electron chi connectivity index (χ3n) is 5.93. The van der Waals surface area contributed by atoms with Crippen molar-refractivity contribution in [1.29, 1.82) is 0 Å². The Morgan fingerprint density at radius 1 is 1.06 bits per heavy atom. The number of esters is 1. The number of ether oxygens (including phenoxy) is 1. The van der Waals surface area contributed by atoms with Gasteiger partial charge in [0.05, 0.1) is 10.5 Å². The predicted octanol–water partition coefficient (Wildman–Crippen LogP) is 3.33. The van der Waals surface area contributed by atoms with Gasteiger partial charge in [0.2, 0.25) is 0 Å². The van der Waals surface area contributed by atoms with E-state index in [4.69, 9.17) is 4.74 Å². The number of carbonyl (C=O) groups excluding carboxylic acids is 2. The van der Waals surface area contributed by atoms with Crippen molar-refractivity contribution in [1.82, 2.24) is 4.90 Å². The molecule has 1 saturated heterocycles. The number of hydrogen-bond donors (Lipinski definition) is 0. The molecule has 2 aromatic carbocycles. The average Bonchev–Trinajstić information content (AvgIpc) is 3.32. The molecule has 1 atom stereocenters. The van der Waals surface area contributed by atoms with Crippen LogP contribution in [-0.4, -0.2) is 47.4 Å². The van der Waals surface area contributed by atoms with Crippen molar-refractivity contribution in [3.63, 3.8) is 0 Å². The maximum absolute atomic E-state index is 12.8. The highest BCUT2D eigenvalue weighted by Crippen LogP contribution is 2.32. The molecule has 0 spiro atoms. The molecule has 162 valence electrons. The zero-order chi connectivity index (χ0) is 22.0. The Morgan fingerprint density at radius 3 is 2.48 bits per heavy atom. The van der Waals surface area contributed by atoms with Gasteiger partial charge >= 0.3 is 5.97 Å². The maximum atomic E-state index is 12.8. The Kier molecular flexibility index (Phi) is 5.88. The zero-order valence-corrected chi connectivity index (χ0v) is 17.5. The van der Waals surface area contributed by atoms with E-state index in [1.807, 2.05) is 23.1 Å². The summed E-state index contributed by atoms with van der Waals surface area (Å²) in [6.07, 6.45) is 1.76. The second-order valence-electron chi connectivity index (χ2n) is 7.98. The number of hydrogen-bond acceptors (Lipinski definition) is 6. The second-order valence-corrected chi connectivity index (χ2v) is 7.98. The van der Waals surface area contributed by atoms with Gasteiger partial charge in [-0.25, -0.2) is 4.79 Å². The molecule has 2 aliphatic heterocycles. The molecular formula is C23H25N3O5. The predicted molar refractivity (Wildman–Crippen MR) is 115 cm³/mol. The van der Waals surface area contributed by atoms with Crippen LogP contribution in [0.15, 0.2) is 42.5 Å². The van der Waals surface area contributed by atoms with Crippen molar-refractivity contribution in [3.05, 3.63) is 69.3 Å². The van der Waals surface area contributed by atoms with Crippen LogP contribution >= 0.6 is 0 Å². The Hall–Kier alpha value is -3.42. The SMILES string of the molecule is CC(OC(=O)c1ccc(N2CCCC2)c([N+](=O)[O-])c1)C(=O)N1CCc2ccccc2C1. The van der Waals surface area contributed by atoms with Gasteiger partial charge in [-0.3, -0.25) is 14.9 Å². The number of nitro benzene ring substituents is 1. The molecular weight excluding hydrogens is 398 g/mol. The Balaban J connectivity index is 1.44. The van der Waals surface area contributed by atoms with E-state index in [2.05, 4.69) is 6.07 Å². The van der Waals surface area contributed by atoms with Crippen LogP contribution in [0.3, 0.4) is 0 Å². The smallest absolute Gasteiger partial charge is 0.339 e. The van der Waals surface area contributed by atoms with Crippen molar-refractivity contribution in [2.45, 2.75) is 38.8 Å². The van der Waals surface area contributed by atoms with E-state index in [0.717, 1.165) is 37.9 Å². The molecule has 2 aromatic rings. The van der Waals surface area contributed by atoms with E-state index in [9.17, 15) is 19.7 Å². The van der Waals surface area contributed by atoms with Crippen LogP contribution in [0.1, 0.15) is 41.3 Å². The van der Waals surface area contributed by atoms with Gasteiger partial charge in [-0.05, 0) is 49.4 Å². The van der Waals surface area contributed by atoms with Gasteiger partial charge in [0.15, 0.2) is 6.10 Å². The number of amides is 1. The van der Waals surface area contributed by atoms with Gasteiger partial charge in [-0.2, -0.15) is 0 Å². The fourth-order valence-electron chi connectivity index (χ4n) is 4.24. The van der Waals surface area contributed by atoms with Crippen LogP contribution in [-0.2, 0) is 22.5 Å². The summed E-state index contributed by atoms with van der Waals surface area (Å²) in [4.78, 5) is 40.1. The third kappa shape index (κ3) is 4.38. The molecule has 4 rings (SSSR count). The van der Waals surface area contributed by atoms with Crippen LogP contribution < -0.4 is 4.90 Å². The lowest BCUT2D eigenvalue weighted by molar-refractivity contribution is -0.384. The van der Waals surface area contributed by atoms with Gasteiger partial charge in [0.1, 0.15) is 5.69 Å². The Labute approximate surface area is 180 Å². The Bertz CT molecular complexity index is 1020. The maximum Gasteiger partial charge on any atom is 0.339 e. The molecule has 0 bridgehead atoms. The number of rotatable bonds is 5. The van der Waals surface area contributed by atoms with Gasteiger partial charge in [-0.1, -0.05) is 24.3 Å². The lowest BCUT2D eigenvalue weighted by Gasteiger charge is -2.30. The van der Waals surface area contributed by atoms with Crippen LogP contribution in [0.4, 0.5) is 11.4 Å². The third-order valence-corrected chi connectivity index (χ3v) is 5.93. The van der Waals surface area contributed by atoms with E-state index in [1.165, 1.54) is 24.6 Å². The molecule has 0 aliphatic carbocycles. The van der Waals surface area contributed by atoms with Crippen molar-refractivity contribution >= 4 is 23.3 Å². The normalized spacial score (nSPS) is 16.5. The molecule has 0 saturated carbocycles. The molecule has 1 unspecified atom stereocenters. The van der Waals surface area contributed by atoms with Crippen LogP contribution in [0.2, 0.25) is 0 Å². The number of nitro groups is 1. The molecule has 0 radical (unpaired) electrons. The first-order valence-electron chi connectivity index (χ1n) is 10.5.